The molecule has 4 heteroatoms. The number of benzene rings is 1. The Balaban J connectivity index is 3.26. The van der Waals surface area contributed by atoms with Crippen LogP contribution in [0.4, 0.5) is 4.39 Å². The van der Waals surface area contributed by atoms with E-state index in [0.29, 0.717) is 17.7 Å². The first-order valence-electron chi connectivity index (χ1n) is 4.76. The van der Waals surface area contributed by atoms with Crippen molar-refractivity contribution in [3.8, 4) is 0 Å². The second-order valence-corrected chi connectivity index (χ2v) is 4.46. The van der Waals surface area contributed by atoms with Crippen molar-refractivity contribution < 1.29 is 9.50 Å². The van der Waals surface area contributed by atoms with Gasteiger partial charge < -0.3 is 10.4 Å². The highest BCUT2D eigenvalue weighted by molar-refractivity contribution is 9.10. The highest BCUT2D eigenvalue weighted by atomic mass is 79.9. The van der Waals surface area contributed by atoms with Crippen molar-refractivity contribution in [2.75, 3.05) is 13.6 Å². The molecule has 1 aromatic carbocycles. The number of aryl methyl sites for hydroxylation is 1. The molecule has 0 heterocycles. The van der Waals surface area contributed by atoms with Gasteiger partial charge in [0.05, 0.1) is 6.10 Å². The molecule has 15 heavy (non-hydrogen) atoms. The van der Waals surface area contributed by atoms with Crippen LogP contribution in [-0.2, 0) is 0 Å². The Hall–Kier alpha value is -0.450. The average molecular weight is 276 g/mol. The maximum atomic E-state index is 13.8. The molecule has 2 N–H and O–H groups in total. The van der Waals surface area contributed by atoms with Crippen LogP contribution < -0.4 is 5.32 Å². The fourth-order valence-corrected chi connectivity index (χ4v) is 2.12. The van der Waals surface area contributed by atoms with Crippen LogP contribution in [-0.4, -0.2) is 18.7 Å². The number of aliphatic hydroxyl groups excluding tert-OH is 1. The molecule has 2 nitrogen and oxygen atoms in total. The smallest absolute Gasteiger partial charge is 0.132 e. The molecule has 1 rings (SSSR count). The van der Waals surface area contributed by atoms with Crippen LogP contribution in [0.25, 0.3) is 0 Å². The van der Waals surface area contributed by atoms with Crippen molar-refractivity contribution in [3.05, 3.63) is 33.0 Å². The summed E-state index contributed by atoms with van der Waals surface area (Å²) < 4.78 is 14.6. The lowest BCUT2D eigenvalue weighted by atomic mass is 9.99. The minimum atomic E-state index is -0.814. The van der Waals surface area contributed by atoms with Crippen LogP contribution in [0.1, 0.15) is 22.8 Å². The average Bonchev–Trinajstić information content (AvgIpc) is 2.16. The number of halogens is 2. The van der Waals surface area contributed by atoms with Gasteiger partial charge in [-0.2, -0.15) is 0 Å². The zero-order chi connectivity index (χ0) is 11.6. The van der Waals surface area contributed by atoms with Crippen LogP contribution >= 0.6 is 15.9 Å². The first-order chi connectivity index (χ1) is 6.99. The number of hydrogen-bond acceptors (Lipinski definition) is 2. The lowest BCUT2D eigenvalue weighted by Crippen LogP contribution is -2.19. The zero-order valence-electron chi connectivity index (χ0n) is 9.06. The molecule has 0 radical (unpaired) electrons. The molecule has 0 aliphatic heterocycles. The van der Waals surface area contributed by atoms with Gasteiger partial charge in [0, 0.05) is 16.6 Å². The van der Waals surface area contributed by atoms with E-state index in [1.54, 1.807) is 27.0 Å². The molecule has 0 fully saturated rings. The third kappa shape index (κ3) is 2.56. The predicted octanol–water partition coefficient (Wildman–Crippen LogP) is 2.46. The second-order valence-electron chi connectivity index (χ2n) is 3.60. The summed E-state index contributed by atoms with van der Waals surface area (Å²) >= 11 is 3.35. The van der Waals surface area contributed by atoms with Crippen LogP contribution in [0.3, 0.4) is 0 Å². The number of aliphatic hydroxyl groups is 1. The van der Waals surface area contributed by atoms with Gasteiger partial charge in [-0.1, -0.05) is 15.9 Å². The molecule has 0 spiro atoms. The van der Waals surface area contributed by atoms with E-state index >= 15 is 0 Å². The van der Waals surface area contributed by atoms with Gasteiger partial charge in [0.25, 0.3) is 0 Å². The van der Waals surface area contributed by atoms with E-state index in [1.165, 1.54) is 0 Å². The van der Waals surface area contributed by atoms with E-state index in [1.807, 2.05) is 0 Å². The summed E-state index contributed by atoms with van der Waals surface area (Å²) in [5, 5.41) is 12.6. The molecule has 0 amide bonds. The van der Waals surface area contributed by atoms with Crippen molar-refractivity contribution in [3.63, 3.8) is 0 Å². The molecule has 1 unspecified atom stereocenters. The van der Waals surface area contributed by atoms with Crippen molar-refractivity contribution in [1.82, 2.24) is 5.32 Å². The summed E-state index contributed by atoms with van der Waals surface area (Å²) in [4.78, 5) is 0. The summed E-state index contributed by atoms with van der Waals surface area (Å²) in [6.07, 6.45) is -0.814. The van der Waals surface area contributed by atoms with Gasteiger partial charge in [0.1, 0.15) is 5.82 Å². The lowest BCUT2D eigenvalue weighted by Gasteiger charge is -2.17. The Bertz CT molecular complexity index is 342. The van der Waals surface area contributed by atoms with Crippen LogP contribution in [0.15, 0.2) is 10.5 Å². The van der Waals surface area contributed by atoms with Gasteiger partial charge in [-0.25, -0.2) is 4.39 Å². The predicted molar refractivity (Wildman–Crippen MR) is 62.5 cm³/mol. The number of likely N-dealkylation sites (N-methyl/N-ethyl adjacent to an activating group) is 1. The van der Waals surface area contributed by atoms with Gasteiger partial charge in [-0.3, -0.25) is 0 Å². The normalized spacial score (nSPS) is 12.9. The quantitative estimate of drug-likeness (QED) is 0.888. The molecular weight excluding hydrogens is 261 g/mol. The van der Waals surface area contributed by atoms with E-state index in [0.717, 1.165) is 10.0 Å². The Morgan fingerprint density at radius 3 is 2.67 bits per heavy atom. The van der Waals surface area contributed by atoms with E-state index in [4.69, 9.17) is 0 Å². The van der Waals surface area contributed by atoms with Gasteiger partial charge >= 0.3 is 0 Å². The molecular formula is C11H15BrFNO. The first-order valence-corrected chi connectivity index (χ1v) is 5.56. The molecule has 84 valence electrons. The number of nitrogens with one attached hydrogen (secondary N) is 1. The van der Waals surface area contributed by atoms with E-state index < -0.39 is 6.10 Å². The fraction of sp³-hybridized carbons (Fsp3) is 0.455. The molecule has 0 aliphatic carbocycles. The van der Waals surface area contributed by atoms with Crippen LogP contribution in [0, 0.1) is 19.7 Å². The Labute approximate surface area is 97.6 Å². The highest BCUT2D eigenvalue weighted by Crippen LogP contribution is 2.29. The first kappa shape index (κ1) is 12.6. The van der Waals surface area contributed by atoms with E-state index in [2.05, 4.69) is 21.2 Å². The maximum Gasteiger partial charge on any atom is 0.132 e. The number of hydrogen-bond donors (Lipinski definition) is 2. The summed E-state index contributed by atoms with van der Waals surface area (Å²) in [6, 6.07) is 1.72. The summed E-state index contributed by atoms with van der Waals surface area (Å²) in [6.45, 7) is 3.82. The SMILES string of the molecule is CNCC(O)c1c(C)c(Br)cc(C)c1F. The monoisotopic (exact) mass is 275 g/mol. The van der Waals surface area contributed by atoms with Gasteiger partial charge in [0.15, 0.2) is 0 Å². The summed E-state index contributed by atoms with van der Waals surface area (Å²) in [5.74, 6) is -0.321. The molecule has 0 saturated carbocycles. The van der Waals surface area contributed by atoms with Crippen molar-refractivity contribution >= 4 is 15.9 Å². The fourth-order valence-electron chi connectivity index (χ4n) is 1.56. The topological polar surface area (TPSA) is 32.3 Å². The third-order valence-electron chi connectivity index (χ3n) is 2.42. The van der Waals surface area contributed by atoms with Gasteiger partial charge in [-0.05, 0) is 38.1 Å². The summed E-state index contributed by atoms with van der Waals surface area (Å²) in [5.41, 5.74) is 1.66. The number of rotatable bonds is 3. The van der Waals surface area contributed by atoms with E-state index in [9.17, 15) is 9.50 Å². The third-order valence-corrected chi connectivity index (χ3v) is 3.24. The minimum Gasteiger partial charge on any atom is -0.387 e. The Kier molecular flexibility index (Phi) is 4.25. The van der Waals surface area contributed by atoms with Crippen LogP contribution in [0.5, 0.6) is 0 Å². The molecule has 0 aliphatic rings. The Morgan fingerprint density at radius 2 is 2.13 bits per heavy atom. The molecule has 0 saturated heterocycles. The standard InChI is InChI=1S/C11H15BrFNO/c1-6-4-8(12)7(2)10(11(6)13)9(15)5-14-3/h4,9,14-15H,5H2,1-3H3. The second kappa shape index (κ2) is 5.05. The van der Waals surface area contributed by atoms with Crippen molar-refractivity contribution in [2.24, 2.45) is 0 Å². The van der Waals surface area contributed by atoms with Gasteiger partial charge in [0.2, 0.25) is 0 Å². The molecule has 1 atom stereocenters. The largest absolute Gasteiger partial charge is 0.387 e. The lowest BCUT2D eigenvalue weighted by molar-refractivity contribution is 0.172. The van der Waals surface area contributed by atoms with Crippen molar-refractivity contribution in [1.29, 1.82) is 0 Å². The van der Waals surface area contributed by atoms with Crippen LogP contribution in [0.2, 0.25) is 0 Å². The summed E-state index contributed by atoms with van der Waals surface area (Å²) in [7, 11) is 1.72. The maximum absolute atomic E-state index is 13.8. The Morgan fingerprint density at radius 1 is 1.53 bits per heavy atom. The zero-order valence-corrected chi connectivity index (χ0v) is 10.7. The molecule has 1 aromatic rings. The minimum absolute atomic E-state index is 0.321. The van der Waals surface area contributed by atoms with Gasteiger partial charge in [-0.15, -0.1) is 0 Å². The highest BCUT2D eigenvalue weighted by Gasteiger charge is 2.18. The molecule has 0 aromatic heterocycles. The molecule has 0 bridgehead atoms. The van der Waals surface area contributed by atoms with E-state index in [-0.39, 0.29) is 5.82 Å². The van der Waals surface area contributed by atoms with Crippen molar-refractivity contribution in [2.45, 2.75) is 20.0 Å².